The number of thiazole rings is 1. The lowest BCUT2D eigenvalue weighted by Gasteiger charge is -2.11. The lowest BCUT2D eigenvalue weighted by atomic mass is 10.1. The summed E-state index contributed by atoms with van der Waals surface area (Å²) < 4.78 is 20.5. The van der Waals surface area contributed by atoms with Gasteiger partial charge in [0.25, 0.3) is 5.56 Å². The Morgan fingerprint density at radius 2 is 1.94 bits per heavy atom. The SMILES string of the molecule is COc1cccc(NC(=O)Cn2nc(-c3ccc(F)cc3)c3sc(N4CCCC4)nc3c2=O)c1. The number of nitrogens with one attached hydrogen (secondary N) is 1. The van der Waals surface area contributed by atoms with Gasteiger partial charge in [-0.25, -0.2) is 14.1 Å². The number of halogens is 1. The molecule has 0 bridgehead atoms. The Hall–Kier alpha value is -3.79. The fraction of sp³-hybridized carbons (Fsp3) is 0.250. The number of hydrogen-bond acceptors (Lipinski definition) is 7. The van der Waals surface area contributed by atoms with Crippen molar-refractivity contribution in [2.45, 2.75) is 19.4 Å². The number of rotatable bonds is 6. The molecule has 1 aliphatic rings. The average molecular weight is 480 g/mol. The molecule has 1 fully saturated rings. The zero-order chi connectivity index (χ0) is 23.7. The molecule has 174 valence electrons. The van der Waals surface area contributed by atoms with E-state index < -0.39 is 11.5 Å². The number of carbonyl (C=O) groups excluding carboxylic acids is 1. The summed E-state index contributed by atoms with van der Waals surface area (Å²) in [5.74, 6) is -0.180. The Bertz CT molecular complexity index is 1410. The van der Waals surface area contributed by atoms with Crippen LogP contribution in [0.2, 0.25) is 0 Å². The maximum Gasteiger partial charge on any atom is 0.294 e. The molecule has 1 aliphatic heterocycles. The highest BCUT2D eigenvalue weighted by molar-refractivity contribution is 7.22. The van der Waals surface area contributed by atoms with Crippen molar-refractivity contribution < 1.29 is 13.9 Å². The molecular formula is C24H22FN5O3S. The first-order chi connectivity index (χ1) is 16.5. The first-order valence-electron chi connectivity index (χ1n) is 10.9. The molecule has 5 rings (SSSR count). The van der Waals surface area contributed by atoms with Crippen molar-refractivity contribution in [3.8, 4) is 17.0 Å². The third-order valence-electron chi connectivity index (χ3n) is 5.63. The molecule has 0 spiro atoms. The lowest BCUT2D eigenvalue weighted by Crippen LogP contribution is -2.30. The minimum atomic E-state index is -0.441. The molecule has 1 saturated heterocycles. The molecular weight excluding hydrogens is 457 g/mol. The Labute approximate surface area is 198 Å². The molecule has 0 radical (unpaired) electrons. The third kappa shape index (κ3) is 4.36. The van der Waals surface area contributed by atoms with Crippen LogP contribution in [0.3, 0.4) is 0 Å². The topological polar surface area (TPSA) is 89.3 Å². The first-order valence-corrected chi connectivity index (χ1v) is 11.7. The summed E-state index contributed by atoms with van der Waals surface area (Å²) in [6, 6.07) is 12.8. The van der Waals surface area contributed by atoms with Crippen LogP contribution >= 0.6 is 11.3 Å². The average Bonchev–Trinajstić information content (AvgIpc) is 3.52. The van der Waals surface area contributed by atoms with Crippen molar-refractivity contribution in [1.29, 1.82) is 0 Å². The van der Waals surface area contributed by atoms with E-state index in [-0.39, 0.29) is 17.9 Å². The van der Waals surface area contributed by atoms with Crippen LogP contribution < -0.4 is 20.5 Å². The van der Waals surface area contributed by atoms with E-state index in [1.54, 1.807) is 43.5 Å². The smallest absolute Gasteiger partial charge is 0.294 e. The predicted molar refractivity (Wildman–Crippen MR) is 130 cm³/mol. The van der Waals surface area contributed by atoms with Gasteiger partial charge in [-0.2, -0.15) is 5.10 Å². The van der Waals surface area contributed by atoms with E-state index in [9.17, 15) is 14.0 Å². The van der Waals surface area contributed by atoms with Crippen LogP contribution in [0.25, 0.3) is 21.5 Å². The molecule has 3 heterocycles. The summed E-state index contributed by atoms with van der Waals surface area (Å²) in [5, 5.41) is 8.02. The Morgan fingerprint density at radius 1 is 1.18 bits per heavy atom. The van der Waals surface area contributed by atoms with Crippen LogP contribution in [0, 0.1) is 5.82 Å². The predicted octanol–water partition coefficient (Wildman–Crippen LogP) is 3.91. The van der Waals surface area contributed by atoms with Crippen molar-refractivity contribution in [2.24, 2.45) is 0 Å². The standard InChI is InChI=1S/C24H22FN5O3S/c1-33-18-6-4-5-17(13-18)26-19(31)14-30-23(32)21-22(34-24(27-21)29-11-2-3-12-29)20(28-30)15-7-9-16(25)10-8-15/h4-10,13H,2-3,11-12,14H2,1H3,(H,26,31). The van der Waals surface area contributed by atoms with Gasteiger partial charge in [0.1, 0.15) is 23.8 Å². The molecule has 10 heteroatoms. The number of amides is 1. The van der Waals surface area contributed by atoms with E-state index in [2.05, 4.69) is 20.3 Å². The molecule has 0 aliphatic carbocycles. The summed E-state index contributed by atoms with van der Waals surface area (Å²) in [6.07, 6.45) is 2.15. The van der Waals surface area contributed by atoms with Gasteiger partial charge in [0.15, 0.2) is 10.6 Å². The molecule has 34 heavy (non-hydrogen) atoms. The van der Waals surface area contributed by atoms with Crippen LogP contribution in [0.5, 0.6) is 5.75 Å². The number of carbonyl (C=O) groups is 1. The zero-order valence-electron chi connectivity index (χ0n) is 18.5. The van der Waals surface area contributed by atoms with Crippen molar-refractivity contribution in [1.82, 2.24) is 14.8 Å². The number of hydrogen-bond donors (Lipinski definition) is 1. The molecule has 0 saturated carbocycles. The van der Waals surface area contributed by atoms with Gasteiger partial charge in [-0.3, -0.25) is 9.59 Å². The van der Waals surface area contributed by atoms with Gasteiger partial charge in [-0.05, 0) is 49.2 Å². The fourth-order valence-corrected chi connectivity index (χ4v) is 5.05. The number of nitrogens with zero attached hydrogens (tertiary/aromatic N) is 4. The second-order valence-electron chi connectivity index (χ2n) is 7.97. The molecule has 0 atom stereocenters. The van der Waals surface area contributed by atoms with E-state index in [1.165, 1.54) is 23.5 Å². The first kappa shape index (κ1) is 22.0. The van der Waals surface area contributed by atoms with E-state index in [4.69, 9.17) is 4.74 Å². The molecule has 0 unspecified atom stereocenters. The monoisotopic (exact) mass is 479 g/mol. The van der Waals surface area contributed by atoms with E-state index in [1.807, 2.05) is 0 Å². The van der Waals surface area contributed by atoms with Crippen molar-refractivity contribution in [3.05, 3.63) is 64.7 Å². The molecule has 1 amide bonds. The summed E-state index contributed by atoms with van der Waals surface area (Å²) in [4.78, 5) is 32.8. The molecule has 1 N–H and O–H groups in total. The van der Waals surface area contributed by atoms with Crippen LogP contribution in [-0.4, -0.2) is 40.9 Å². The van der Waals surface area contributed by atoms with E-state index >= 15 is 0 Å². The molecule has 4 aromatic rings. The summed E-state index contributed by atoms with van der Waals surface area (Å²) in [7, 11) is 1.54. The second kappa shape index (κ2) is 9.22. The Kier molecular flexibility index (Phi) is 5.97. The van der Waals surface area contributed by atoms with E-state index in [0.717, 1.165) is 35.7 Å². The molecule has 8 nitrogen and oxygen atoms in total. The van der Waals surface area contributed by atoms with Gasteiger partial charge < -0.3 is 15.0 Å². The Balaban J connectivity index is 1.54. The number of benzene rings is 2. The van der Waals surface area contributed by atoms with Crippen LogP contribution in [0.4, 0.5) is 15.2 Å². The maximum atomic E-state index is 13.5. The normalized spacial score (nSPS) is 13.4. The largest absolute Gasteiger partial charge is 0.497 e. The van der Waals surface area contributed by atoms with Gasteiger partial charge in [-0.15, -0.1) is 0 Å². The second-order valence-corrected chi connectivity index (χ2v) is 8.94. The fourth-order valence-electron chi connectivity index (χ4n) is 3.93. The molecule has 2 aromatic carbocycles. The molecule has 2 aromatic heterocycles. The van der Waals surface area contributed by atoms with Crippen LogP contribution in [0.15, 0.2) is 53.3 Å². The summed E-state index contributed by atoms with van der Waals surface area (Å²) in [6.45, 7) is 1.48. The van der Waals surface area contributed by atoms with Gasteiger partial charge >= 0.3 is 0 Å². The highest BCUT2D eigenvalue weighted by Gasteiger charge is 2.22. The maximum absolute atomic E-state index is 13.5. The Morgan fingerprint density at radius 3 is 2.68 bits per heavy atom. The highest BCUT2D eigenvalue weighted by Crippen LogP contribution is 2.35. The lowest BCUT2D eigenvalue weighted by molar-refractivity contribution is -0.117. The van der Waals surface area contributed by atoms with Gasteiger partial charge in [-0.1, -0.05) is 17.4 Å². The number of ether oxygens (including phenoxy) is 1. The van der Waals surface area contributed by atoms with E-state index in [0.29, 0.717) is 27.4 Å². The quantitative estimate of drug-likeness (QED) is 0.451. The van der Waals surface area contributed by atoms with Crippen LogP contribution in [0.1, 0.15) is 12.8 Å². The zero-order valence-corrected chi connectivity index (χ0v) is 19.3. The number of anilines is 2. The van der Waals surface area contributed by atoms with Crippen molar-refractivity contribution in [2.75, 3.05) is 30.4 Å². The number of methoxy groups -OCH3 is 1. The number of aromatic nitrogens is 3. The minimum absolute atomic E-state index is 0.260. The number of fused-ring (bicyclic) bond motifs is 1. The van der Waals surface area contributed by atoms with Crippen LogP contribution in [-0.2, 0) is 11.3 Å². The summed E-state index contributed by atoms with van der Waals surface area (Å²) >= 11 is 1.40. The minimum Gasteiger partial charge on any atom is -0.497 e. The van der Waals surface area contributed by atoms with Gasteiger partial charge in [0.2, 0.25) is 5.91 Å². The van der Waals surface area contributed by atoms with Gasteiger partial charge in [0, 0.05) is 30.4 Å². The van der Waals surface area contributed by atoms with Crippen molar-refractivity contribution in [3.63, 3.8) is 0 Å². The third-order valence-corrected chi connectivity index (χ3v) is 6.75. The van der Waals surface area contributed by atoms with Gasteiger partial charge in [0.05, 0.1) is 11.8 Å². The van der Waals surface area contributed by atoms with Crippen molar-refractivity contribution >= 4 is 38.3 Å². The summed E-state index contributed by atoms with van der Waals surface area (Å²) in [5.41, 5.74) is 1.50. The highest BCUT2D eigenvalue weighted by atomic mass is 32.1.